The van der Waals surface area contributed by atoms with E-state index in [2.05, 4.69) is 13.0 Å². The van der Waals surface area contributed by atoms with Gasteiger partial charge in [0, 0.05) is 22.9 Å². The van der Waals surface area contributed by atoms with Crippen LogP contribution in [0.1, 0.15) is 63.3 Å². The second-order valence-corrected chi connectivity index (χ2v) is 8.60. The molecule has 1 saturated heterocycles. The third-order valence-corrected chi connectivity index (χ3v) is 6.39. The minimum Gasteiger partial charge on any atom is -0.462 e. The van der Waals surface area contributed by atoms with E-state index in [1.165, 1.54) is 0 Å². The van der Waals surface area contributed by atoms with E-state index in [1.807, 2.05) is 6.08 Å². The van der Waals surface area contributed by atoms with Crippen LogP contribution < -0.4 is 0 Å². The van der Waals surface area contributed by atoms with E-state index in [0.717, 1.165) is 5.57 Å². The predicted molar refractivity (Wildman–Crippen MR) is 108 cm³/mol. The van der Waals surface area contributed by atoms with Crippen LogP contribution in [-0.2, 0) is 19.1 Å². The summed E-state index contributed by atoms with van der Waals surface area (Å²) in [6.45, 7) is 1.27. The normalized spacial score (nSPS) is 39.9. The van der Waals surface area contributed by atoms with Gasteiger partial charge in [0.1, 0.15) is 12.2 Å². The summed E-state index contributed by atoms with van der Waals surface area (Å²) in [4.78, 5) is 24.4. The number of rotatable bonds is 6. The van der Waals surface area contributed by atoms with Crippen LogP contribution in [0, 0.1) is 23.7 Å². The predicted octanol–water partition coefficient (Wildman–Crippen LogP) is 2.92. The van der Waals surface area contributed by atoms with Crippen molar-refractivity contribution in [3.05, 3.63) is 23.8 Å². The second kappa shape index (κ2) is 9.43. The van der Waals surface area contributed by atoms with Gasteiger partial charge < -0.3 is 19.7 Å². The average Bonchev–Trinajstić information content (AvgIpc) is 2.66. The Kier molecular flexibility index (Phi) is 5.90. The minimum absolute atomic E-state index is 0.0204. The summed E-state index contributed by atoms with van der Waals surface area (Å²) in [7, 11) is 0. The first-order valence-corrected chi connectivity index (χ1v) is 10.7. The zero-order chi connectivity index (χ0) is 23.6. The van der Waals surface area contributed by atoms with Crippen LogP contribution in [0.2, 0.25) is 0 Å². The van der Waals surface area contributed by atoms with Crippen molar-refractivity contribution in [3.8, 4) is 0 Å². The Morgan fingerprint density at radius 2 is 2.17 bits per heavy atom. The number of esters is 2. The number of hydrogen-bond acceptors (Lipinski definition) is 6. The van der Waals surface area contributed by atoms with E-state index in [0.29, 0.717) is 19.3 Å². The molecule has 2 aliphatic carbocycles. The fraction of sp³-hybridized carbons (Fsp3) is 0.739. The Morgan fingerprint density at radius 3 is 2.86 bits per heavy atom. The first-order chi connectivity index (χ1) is 15.0. The van der Waals surface area contributed by atoms with Crippen molar-refractivity contribution in [1.29, 1.82) is 0 Å². The number of ether oxygens (including phenoxy) is 2. The Labute approximate surface area is 177 Å². The van der Waals surface area contributed by atoms with Crippen molar-refractivity contribution in [2.45, 2.75) is 83.6 Å². The molecule has 1 aliphatic heterocycles. The Bertz CT molecular complexity index is 761. The van der Waals surface area contributed by atoms with E-state index in [9.17, 15) is 19.8 Å². The van der Waals surface area contributed by atoms with Crippen LogP contribution in [0.5, 0.6) is 0 Å². The van der Waals surface area contributed by atoms with Gasteiger partial charge in [-0.3, -0.25) is 9.59 Å². The molecule has 6 nitrogen and oxygen atoms in total. The van der Waals surface area contributed by atoms with Gasteiger partial charge in [-0.2, -0.15) is 0 Å². The topological polar surface area (TPSA) is 93.1 Å². The maximum absolute atomic E-state index is 12.7. The highest BCUT2D eigenvalue weighted by Crippen LogP contribution is 2.44. The van der Waals surface area contributed by atoms with Crippen molar-refractivity contribution in [2.24, 2.45) is 23.7 Å². The van der Waals surface area contributed by atoms with Crippen LogP contribution >= 0.6 is 0 Å². The number of fused-ring (bicyclic) bond motifs is 1. The van der Waals surface area contributed by atoms with Gasteiger partial charge in [-0.1, -0.05) is 38.9 Å². The first kappa shape index (κ1) is 18.1. The first-order valence-electron chi connectivity index (χ1n) is 12.2. The molecule has 162 valence electrons. The fourth-order valence-corrected chi connectivity index (χ4v) is 4.80. The molecule has 0 amide bonds. The van der Waals surface area contributed by atoms with E-state index in [4.69, 9.17) is 13.6 Å². The molecule has 0 aromatic rings. The lowest BCUT2D eigenvalue weighted by Gasteiger charge is -2.43. The largest absolute Gasteiger partial charge is 0.462 e. The van der Waals surface area contributed by atoms with E-state index in [1.54, 1.807) is 13.0 Å². The molecule has 29 heavy (non-hydrogen) atoms. The average molecular weight is 410 g/mol. The van der Waals surface area contributed by atoms with Crippen LogP contribution in [0.25, 0.3) is 0 Å². The van der Waals surface area contributed by atoms with Crippen molar-refractivity contribution in [3.63, 3.8) is 0 Å². The molecule has 0 unspecified atom stereocenters. The van der Waals surface area contributed by atoms with Gasteiger partial charge in [-0.25, -0.2) is 0 Å². The lowest BCUT2D eigenvalue weighted by Crippen LogP contribution is -2.43. The van der Waals surface area contributed by atoms with E-state index in [-0.39, 0.29) is 43.1 Å². The Hall–Kier alpha value is -1.66. The van der Waals surface area contributed by atoms with Crippen molar-refractivity contribution < 1.29 is 33.4 Å². The van der Waals surface area contributed by atoms with Crippen LogP contribution in [0.4, 0.5) is 0 Å². The molecule has 0 bridgehead atoms. The summed E-state index contributed by atoms with van der Waals surface area (Å²) in [6, 6.07) is 0. The maximum atomic E-state index is 12.7. The summed E-state index contributed by atoms with van der Waals surface area (Å²) in [5.41, 5.74) is 0.882. The van der Waals surface area contributed by atoms with Crippen LogP contribution in [0.3, 0.4) is 0 Å². The molecule has 6 heteroatoms. The summed E-state index contributed by atoms with van der Waals surface area (Å²) in [5, 5.41) is 20.2. The third kappa shape index (κ3) is 5.28. The highest BCUT2D eigenvalue weighted by Gasteiger charge is 2.42. The standard InChI is InChI=1S/C23H34O6/c1-4-13(2)23(27)29-20-11-16(24)9-15-6-5-14(3)19(22(15)20)8-7-18-10-17(25)12-21(26)28-18/h5-6,9,13-14,16-20,22,24-25H,4,7-8,10-12H2,1-3H3/t13-,14-,16+,17+,18+,19-,20-,22-/m0/s1/i2D3. The lowest BCUT2D eigenvalue weighted by molar-refractivity contribution is -0.162. The van der Waals surface area contributed by atoms with Crippen molar-refractivity contribution >= 4 is 11.9 Å². The van der Waals surface area contributed by atoms with Gasteiger partial charge in [0.15, 0.2) is 0 Å². The molecule has 1 fully saturated rings. The molecule has 3 rings (SSSR count). The Morgan fingerprint density at radius 1 is 1.38 bits per heavy atom. The molecule has 0 aromatic heterocycles. The van der Waals surface area contributed by atoms with Gasteiger partial charge in [-0.15, -0.1) is 0 Å². The second-order valence-electron chi connectivity index (χ2n) is 8.60. The number of allylic oxidation sites excluding steroid dienone is 2. The molecular weight excluding hydrogens is 372 g/mol. The molecule has 0 spiro atoms. The number of aliphatic hydroxyl groups excluding tert-OH is 2. The molecule has 0 radical (unpaired) electrons. The molecule has 2 N–H and O–H groups in total. The summed E-state index contributed by atoms with van der Waals surface area (Å²) < 4.78 is 34.1. The monoisotopic (exact) mass is 409 g/mol. The number of carbonyl (C=O) groups is 2. The zero-order valence-corrected chi connectivity index (χ0v) is 17.1. The number of aliphatic hydroxyl groups is 2. The molecule has 1 heterocycles. The highest BCUT2D eigenvalue weighted by atomic mass is 16.6. The summed E-state index contributed by atoms with van der Waals surface area (Å²) in [5.74, 6) is -2.32. The number of carbonyl (C=O) groups excluding carboxylic acids is 2. The SMILES string of the molecule is [2H]C([2H])([2H])[C@@H](CC)C(=O)O[C@H]1C[C@H](O)C=C2C=C[C@H](C)[C@H](CC[C@@H]3C[C@@H](O)CC(=O)O3)[C@H]21. The van der Waals surface area contributed by atoms with Crippen LogP contribution in [0.15, 0.2) is 23.8 Å². The molecule has 0 aromatic carbocycles. The quantitative estimate of drug-likeness (QED) is 0.655. The van der Waals surface area contributed by atoms with Gasteiger partial charge in [0.2, 0.25) is 0 Å². The van der Waals surface area contributed by atoms with E-state index >= 15 is 0 Å². The molecule has 3 aliphatic rings. The Balaban J connectivity index is 1.77. The minimum atomic E-state index is -2.44. The van der Waals surface area contributed by atoms with Gasteiger partial charge >= 0.3 is 11.9 Å². The number of hydrogen-bond donors (Lipinski definition) is 2. The number of cyclic esters (lactones) is 1. The summed E-state index contributed by atoms with van der Waals surface area (Å²) in [6.07, 6.45) is 5.36. The lowest BCUT2D eigenvalue weighted by atomic mass is 9.66. The zero-order valence-electron chi connectivity index (χ0n) is 20.1. The van der Waals surface area contributed by atoms with Crippen LogP contribution in [-0.4, -0.2) is 46.6 Å². The summed E-state index contributed by atoms with van der Waals surface area (Å²) >= 11 is 0. The van der Waals surface area contributed by atoms with Crippen molar-refractivity contribution in [1.82, 2.24) is 0 Å². The van der Waals surface area contributed by atoms with Gasteiger partial charge in [0.25, 0.3) is 0 Å². The van der Waals surface area contributed by atoms with E-state index < -0.39 is 43.0 Å². The van der Waals surface area contributed by atoms with Crippen molar-refractivity contribution in [2.75, 3.05) is 0 Å². The fourth-order valence-electron chi connectivity index (χ4n) is 4.80. The van der Waals surface area contributed by atoms with Gasteiger partial charge in [0.05, 0.1) is 24.5 Å². The smallest absolute Gasteiger partial charge is 0.308 e. The molecule has 0 saturated carbocycles. The maximum Gasteiger partial charge on any atom is 0.308 e. The van der Waals surface area contributed by atoms with Gasteiger partial charge in [-0.05, 0) is 36.7 Å². The highest BCUT2D eigenvalue weighted by molar-refractivity contribution is 5.72. The molecular formula is C23H34O6. The molecule has 8 atom stereocenters. The third-order valence-electron chi connectivity index (χ3n) is 6.39.